The average Bonchev–Trinajstić information content (AvgIpc) is 2.54. The van der Waals surface area contributed by atoms with Crippen molar-refractivity contribution in [1.29, 1.82) is 0 Å². The van der Waals surface area contributed by atoms with E-state index in [1.165, 1.54) is 0 Å². The second-order valence-electron chi connectivity index (χ2n) is 5.59. The van der Waals surface area contributed by atoms with Gasteiger partial charge in [-0.3, -0.25) is 9.79 Å². The zero-order valence-electron chi connectivity index (χ0n) is 12.8. The Morgan fingerprint density at radius 2 is 2.23 bits per heavy atom. The van der Waals surface area contributed by atoms with Gasteiger partial charge in [0.25, 0.3) is 0 Å². The van der Waals surface area contributed by atoms with Gasteiger partial charge in [-0.1, -0.05) is 0 Å². The predicted molar refractivity (Wildman–Crippen MR) is 85.4 cm³/mol. The van der Waals surface area contributed by atoms with E-state index in [-0.39, 0.29) is 12.6 Å². The normalized spacial score (nSPS) is 20.4. The fraction of sp³-hybridized carbons (Fsp3) is 0.500. The number of amidine groups is 1. The molecule has 0 saturated carbocycles. The van der Waals surface area contributed by atoms with Crippen molar-refractivity contribution in [3.63, 3.8) is 0 Å². The minimum Gasteiger partial charge on any atom is -0.493 e. The summed E-state index contributed by atoms with van der Waals surface area (Å²) >= 11 is 0. The van der Waals surface area contributed by atoms with Gasteiger partial charge >= 0.3 is 5.97 Å². The summed E-state index contributed by atoms with van der Waals surface area (Å²) in [6.07, 6.45) is 2.18. The topological polar surface area (TPSA) is 96.9 Å². The third-order valence-corrected chi connectivity index (χ3v) is 3.66. The first-order valence-electron chi connectivity index (χ1n) is 7.56. The van der Waals surface area contributed by atoms with E-state index < -0.39 is 11.9 Å². The van der Waals surface area contributed by atoms with Gasteiger partial charge in [0.2, 0.25) is 0 Å². The molecule has 6 heteroatoms. The highest BCUT2D eigenvalue weighted by Gasteiger charge is 2.13. The molecular formula is C16H23N3O3. The highest BCUT2D eigenvalue weighted by atomic mass is 16.5. The fourth-order valence-corrected chi connectivity index (χ4v) is 2.23. The number of ether oxygens (including phenoxy) is 1. The van der Waals surface area contributed by atoms with E-state index >= 15 is 0 Å². The van der Waals surface area contributed by atoms with Crippen molar-refractivity contribution in [3.05, 3.63) is 29.8 Å². The van der Waals surface area contributed by atoms with E-state index in [2.05, 4.69) is 10.3 Å². The van der Waals surface area contributed by atoms with E-state index in [1.54, 1.807) is 19.1 Å². The number of carboxylic acids is 1. The average molecular weight is 305 g/mol. The van der Waals surface area contributed by atoms with Crippen molar-refractivity contribution in [2.24, 2.45) is 16.6 Å². The van der Waals surface area contributed by atoms with Crippen LogP contribution in [0.2, 0.25) is 0 Å². The SMILES string of the molecule is C[C@@H](COc1ccc(C(N)=N[C@@H]2CCCNC2)cc1)C(=O)O. The number of aliphatic carboxylic acids is 1. The van der Waals surface area contributed by atoms with E-state index in [0.29, 0.717) is 11.6 Å². The van der Waals surface area contributed by atoms with Crippen molar-refractivity contribution in [1.82, 2.24) is 5.32 Å². The molecule has 1 aliphatic rings. The van der Waals surface area contributed by atoms with Crippen molar-refractivity contribution < 1.29 is 14.6 Å². The number of piperidine rings is 1. The summed E-state index contributed by atoms with van der Waals surface area (Å²) in [5, 5.41) is 12.1. The molecule has 1 fully saturated rings. The molecule has 22 heavy (non-hydrogen) atoms. The maximum atomic E-state index is 10.7. The summed E-state index contributed by atoms with van der Waals surface area (Å²) in [6.45, 7) is 3.67. The zero-order valence-corrected chi connectivity index (χ0v) is 12.8. The van der Waals surface area contributed by atoms with Crippen molar-refractivity contribution >= 4 is 11.8 Å². The molecule has 0 amide bonds. The minimum atomic E-state index is -0.867. The lowest BCUT2D eigenvalue weighted by molar-refractivity contribution is -0.142. The highest BCUT2D eigenvalue weighted by Crippen LogP contribution is 2.14. The number of rotatable bonds is 6. The van der Waals surface area contributed by atoms with Gasteiger partial charge in [0, 0.05) is 12.1 Å². The highest BCUT2D eigenvalue weighted by molar-refractivity contribution is 5.97. The van der Waals surface area contributed by atoms with Gasteiger partial charge in [0.15, 0.2) is 0 Å². The maximum absolute atomic E-state index is 10.7. The second kappa shape index (κ2) is 7.79. The van der Waals surface area contributed by atoms with E-state index in [4.69, 9.17) is 15.6 Å². The fourth-order valence-electron chi connectivity index (χ4n) is 2.23. The van der Waals surface area contributed by atoms with Crippen LogP contribution in [0.4, 0.5) is 0 Å². The molecule has 1 aliphatic heterocycles. The molecule has 1 aromatic rings. The van der Waals surface area contributed by atoms with E-state index in [9.17, 15) is 4.79 Å². The molecule has 2 rings (SSSR count). The van der Waals surface area contributed by atoms with Crippen molar-refractivity contribution in [2.45, 2.75) is 25.8 Å². The molecule has 0 unspecified atom stereocenters. The quantitative estimate of drug-likeness (QED) is 0.543. The number of benzene rings is 1. The lowest BCUT2D eigenvalue weighted by atomic mass is 10.1. The summed E-state index contributed by atoms with van der Waals surface area (Å²) in [6, 6.07) is 7.49. The van der Waals surface area contributed by atoms with Crippen LogP contribution in [0.3, 0.4) is 0 Å². The van der Waals surface area contributed by atoms with Gasteiger partial charge in [-0.05, 0) is 50.6 Å². The lowest BCUT2D eigenvalue weighted by Gasteiger charge is -2.19. The smallest absolute Gasteiger partial charge is 0.309 e. The number of carbonyl (C=O) groups is 1. The molecule has 6 nitrogen and oxygen atoms in total. The number of hydrogen-bond donors (Lipinski definition) is 3. The Labute approximate surface area is 130 Å². The maximum Gasteiger partial charge on any atom is 0.309 e. The summed E-state index contributed by atoms with van der Waals surface area (Å²) < 4.78 is 5.44. The number of nitrogens with one attached hydrogen (secondary N) is 1. The predicted octanol–water partition coefficient (Wildman–Crippen LogP) is 1.24. The molecule has 0 bridgehead atoms. The Hall–Kier alpha value is -2.08. The van der Waals surface area contributed by atoms with Crippen LogP contribution in [0.25, 0.3) is 0 Å². The molecule has 1 aromatic carbocycles. The summed E-state index contributed by atoms with van der Waals surface area (Å²) in [5.41, 5.74) is 6.89. The van der Waals surface area contributed by atoms with Crippen LogP contribution in [-0.4, -0.2) is 42.6 Å². The van der Waals surface area contributed by atoms with Crippen LogP contribution in [0.15, 0.2) is 29.3 Å². The number of aliphatic imine (C=N–C) groups is 1. The Balaban J connectivity index is 1.93. The van der Waals surface area contributed by atoms with Crippen LogP contribution in [-0.2, 0) is 4.79 Å². The van der Waals surface area contributed by atoms with Gasteiger partial charge < -0.3 is 20.9 Å². The van der Waals surface area contributed by atoms with Crippen LogP contribution in [0, 0.1) is 5.92 Å². The third-order valence-electron chi connectivity index (χ3n) is 3.66. The Bertz CT molecular complexity index is 522. The standard InChI is InChI=1S/C16H23N3O3/c1-11(16(20)21)10-22-14-6-4-12(5-7-14)15(17)19-13-3-2-8-18-9-13/h4-7,11,13,18H,2-3,8-10H2,1H3,(H2,17,19)(H,20,21)/t11-,13+/m0/s1. The monoisotopic (exact) mass is 305 g/mol. The second-order valence-corrected chi connectivity index (χ2v) is 5.59. The van der Waals surface area contributed by atoms with Crippen LogP contribution in [0.5, 0.6) is 5.75 Å². The number of nitrogens with two attached hydrogens (primary N) is 1. The summed E-state index contributed by atoms with van der Waals surface area (Å²) in [4.78, 5) is 15.3. The molecule has 120 valence electrons. The van der Waals surface area contributed by atoms with Gasteiger partial charge in [0.1, 0.15) is 18.2 Å². The molecule has 0 spiro atoms. The van der Waals surface area contributed by atoms with Gasteiger partial charge in [0.05, 0.1) is 12.0 Å². The molecule has 0 aliphatic carbocycles. The Kier molecular flexibility index (Phi) is 5.77. The molecule has 0 radical (unpaired) electrons. The van der Waals surface area contributed by atoms with Gasteiger partial charge in [-0.15, -0.1) is 0 Å². The third kappa shape index (κ3) is 4.73. The molecule has 0 aromatic heterocycles. The zero-order chi connectivity index (χ0) is 15.9. The molecule has 2 atom stereocenters. The lowest BCUT2D eigenvalue weighted by Crippen LogP contribution is -2.34. The van der Waals surface area contributed by atoms with Crippen molar-refractivity contribution in [2.75, 3.05) is 19.7 Å². The van der Waals surface area contributed by atoms with Gasteiger partial charge in [-0.25, -0.2) is 0 Å². The summed E-state index contributed by atoms with van der Waals surface area (Å²) in [7, 11) is 0. The van der Waals surface area contributed by atoms with Crippen LogP contribution >= 0.6 is 0 Å². The Morgan fingerprint density at radius 1 is 1.50 bits per heavy atom. The summed E-state index contributed by atoms with van der Waals surface area (Å²) in [5.74, 6) is -0.248. The van der Waals surface area contributed by atoms with E-state index in [1.807, 2.05) is 12.1 Å². The first kappa shape index (κ1) is 16.3. The number of hydrogen-bond acceptors (Lipinski definition) is 4. The van der Waals surface area contributed by atoms with Crippen LogP contribution in [0.1, 0.15) is 25.3 Å². The van der Waals surface area contributed by atoms with Crippen molar-refractivity contribution in [3.8, 4) is 5.75 Å². The minimum absolute atomic E-state index is 0.145. The number of carboxylic acid groups (broad SMARTS) is 1. The van der Waals surface area contributed by atoms with E-state index in [0.717, 1.165) is 31.5 Å². The Morgan fingerprint density at radius 3 is 2.82 bits per heavy atom. The molecule has 1 heterocycles. The molecule has 1 saturated heterocycles. The first-order valence-corrected chi connectivity index (χ1v) is 7.56. The number of nitrogens with zero attached hydrogens (tertiary/aromatic N) is 1. The van der Waals surface area contributed by atoms with Crippen LogP contribution < -0.4 is 15.8 Å². The molecular weight excluding hydrogens is 282 g/mol. The first-order chi connectivity index (χ1) is 10.6. The van der Waals surface area contributed by atoms with Gasteiger partial charge in [-0.2, -0.15) is 0 Å². The largest absolute Gasteiger partial charge is 0.493 e. The molecule has 4 N–H and O–H groups in total.